The van der Waals surface area contributed by atoms with Crippen LogP contribution in [0.2, 0.25) is 0 Å². The van der Waals surface area contributed by atoms with Crippen LogP contribution < -0.4 is 0 Å². The summed E-state index contributed by atoms with van der Waals surface area (Å²) in [4.78, 5) is 11.8. The third-order valence-electron chi connectivity index (χ3n) is 2.78. The summed E-state index contributed by atoms with van der Waals surface area (Å²) in [5.41, 5.74) is 2.99. The lowest BCUT2D eigenvalue weighted by atomic mass is 10.1. The first kappa shape index (κ1) is 13.0. The van der Waals surface area contributed by atoms with Crippen molar-refractivity contribution in [1.29, 1.82) is 0 Å². The summed E-state index contributed by atoms with van der Waals surface area (Å²) in [5, 5.41) is 0. The molecule has 0 aliphatic carbocycles. The second kappa shape index (κ2) is 6.50. The van der Waals surface area contributed by atoms with Crippen molar-refractivity contribution in [3.63, 3.8) is 0 Å². The molecule has 1 nitrogen and oxygen atoms in total. The van der Waals surface area contributed by atoms with E-state index in [-0.39, 0.29) is 5.78 Å². The zero-order valence-corrected chi connectivity index (χ0v) is 10.9. The fourth-order valence-corrected chi connectivity index (χ4v) is 1.69. The van der Waals surface area contributed by atoms with Crippen molar-refractivity contribution in [2.45, 2.75) is 6.92 Å². The lowest BCUT2D eigenvalue weighted by Gasteiger charge is -1.95. The first-order valence-corrected chi connectivity index (χ1v) is 6.26. The van der Waals surface area contributed by atoms with Crippen LogP contribution in [0.3, 0.4) is 0 Å². The Morgan fingerprint density at radius 1 is 0.895 bits per heavy atom. The van der Waals surface area contributed by atoms with Crippen LogP contribution in [0.1, 0.15) is 21.5 Å². The predicted octanol–water partition coefficient (Wildman–Crippen LogP) is 4.45. The average Bonchev–Trinajstić information content (AvgIpc) is 2.45. The molecule has 2 aromatic rings. The van der Waals surface area contributed by atoms with Gasteiger partial charge in [-0.2, -0.15) is 0 Å². The molecule has 0 atom stereocenters. The van der Waals surface area contributed by atoms with Crippen molar-refractivity contribution in [2.75, 3.05) is 0 Å². The summed E-state index contributed by atoms with van der Waals surface area (Å²) >= 11 is 0. The Balaban J connectivity index is 1.97. The molecule has 0 heterocycles. The minimum Gasteiger partial charge on any atom is -0.289 e. The average molecular weight is 248 g/mol. The molecule has 0 fully saturated rings. The quantitative estimate of drug-likeness (QED) is 0.444. The standard InChI is InChI=1S/C18H16O/c1-15-11-13-17(14-12-15)18(19)10-6-5-9-16-7-3-2-4-8-16/h2-14H,1H3/b9-5+,10-6?. The van der Waals surface area contributed by atoms with E-state index >= 15 is 0 Å². The number of benzene rings is 2. The largest absolute Gasteiger partial charge is 0.289 e. The van der Waals surface area contributed by atoms with Crippen LogP contribution in [-0.4, -0.2) is 5.78 Å². The lowest BCUT2D eigenvalue weighted by molar-refractivity contribution is 0.104. The number of ketones is 1. The Labute approximate surface area is 113 Å². The van der Waals surface area contributed by atoms with E-state index in [0.717, 1.165) is 16.7 Å². The summed E-state index contributed by atoms with van der Waals surface area (Å²) < 4.78 is 0. The van der Waals surface area contributed by atoms with Crippen LogP contribution in [0, 0.1) is 6.92 Å². The number of hydrogen-bond donors (Lipinski definition) is 0. The van der Waals surface area contributed by atoms with Gasteiger partial charge in [0.1, 0.15) is 0 Å². The van der Waals surface area contributed by atoms with E-state index in [4.69, 9.17) is 0 Å². The minimum atomic E-state index is 0.0257. The SMILES string of the molecule is Cc1ccc(C(=O)C=C/C=C/c2ccccc2)cc1. The van der Waals surface area contributed by atoms with Gasteiger partial charge in [0.05, 0.1) is 0 Å². The summed E-state index contributed by atoms with van der Waals surface area (Å²) in [6.45, 7) is 2.01. The van der Waals surface area contributed by atoms with Gasteiger partial charge in [0, 0.05) is 5.56 Å². The maximum Gasteiger partial charge on any atom is 0.185 e. The highest BCUT2D eigenvalue weighted by atomic mass is 16.1. The van der Waals surface area contributed by atoms with Gasteiger partial charge in [0.2, 0.25) is 0 Å². The number of hydrogen-bond acceptors (Lipinski definition) is 1. The van der Waals surface area contributed by atoms with Crippen molar-refractivity contribution in [1.82, 2.24) is 0 Å². The number of carbonyl (C=O) groups is 1. The molecule has 94 valence electrons. The Hall–Kier alpha value is -2.41. The molecule has 1 heteroatoms. The summed E-state index contributed by atoms with van der Waals surface area (Å²) in [7, 11) is 0. The number of aryl methyl sites for hydroxylation is 1. The third-order valence-corrected chi connectivity index (χ3v) is 2.78. The van der Waals surface area contributed by atoms with E-state index in [0.29, 0.717) is 0 Å². The van der Waals surface area contributed by atoms with Crippen LogP contribution >= 0.6 is 0 Å². The van der Waals surface area contributed by atoms with Gasteiger partial charge in [-0.1, -0.05) is 78.4 Å². The zero-order chi connectivity index (χ0) is 13.5. The van der Waals surface area contributed by atoms with E-state index in [1.54, 1.807) is 12.2 Å². The van der Waals surface area contributed by atoms with Gasteiger partial charge < -0.3 is 0 Å². The van der Waals surface area contributed by atoms with Gasteiger partial charge in [-0.15, -0.1) is 0 Å². The van der Waals surface area contributed by atoms with Crippen LogP contribution in [0.5, 0.6) is 0 Å². The first-order chi connectivity index (χ1) is 9.25. The van der Waals surface area contributed by atoms with Gasteiger partial charge in [-0.3, -0.25) is 4.79 Å². The fraction of sp³-hybridized carbons (Fsp3) is 0.0556. The molecule has 19 heavy (non-hydrogen) atoms. The van der Waals surface area contributed by atoms with Gasteiger partial charge in [-0.05, 0) is 18.6 Å². The second-order valence-corrected chi connectivity index (χ2v) is 4.36. The van der Waals surface area contributed by atoms with Crippen molar-refractivity contribution in [3.05, 3.63) is 89.5 Å². The van der Waals surface area contributed by atoms with Crippen molar-refractivity contribution in [2.24, 2.45) is 0 Å². The molecule has 0 bridgehead atoms. The third kappa shape index (κ3) is 4.07. The number of rotatable bonds is 4. The number of carbonyl (C=O) groups excluding carboxylic acids is 1. The molecule has 0 aliphatic rings. The molecule has 2 aromatic carbocycles. The highest BCUT2D eigenvalue weighted by molar-refractivity contribution is 6.04. The maximum absolute atomic E-state index is 11.8. The van der Waals surface area contributed by atoms with E-state index in [2.05, 4.69) is 0 Å². The molecule has 0 amide bonds. The Morgan fingerprint density at radius 3 is 2.26 bits per heavy atom. The summed E-state index contributed by atoms with van der Waals surface area (Å²) in [6, 6.07) is 17.6. The molecule has 0 spiro atoms. The van der Waals surface area contributed by atoms with Crippen LogP contribution in [0.25, 0.3) is 6.08 Å². The number of allylic oxidation sites excluding steroid dienone is 3. The van der Waals surface area contributed by atoms with Gasteiger partial charge in [0.25, 0.3) is 0 Å². The minimum absolute atomic E-state index is 0.0257. The molecular weight excluding hydrogens is 232 g/mol. The molecule has 2 rings (SSSR count). The molecule has 0 aromatic heterocycles. The first-order valence-electron chi connectivity index (χ1n) is 6.26. The monoisotopic (exact) mass is 248 g/mol. The highest BCUT2D eigenvalue weighted by Gasteiger charge is 1.99. The van der Waals surface area contributed by atoms with E-state index in [1.807, 2.05) is 73.7 Å². The molecular formula is C18H16O. The Bertz CT molecular complexity index is 589. The van der Waals surface area contributed by atoms with Crippen molar-refractivity contribution < 1.29 is 4.79 Å². The zero-order valence-electron chi connectivity index (χ0n) is 10.9. The second-order valence-electron chi connectivity index (χ2n) is 4.36. The molecule has 0 unspecified atom stereocenters. The lowest BCUT2D eigenvalue weighted by Crippen LogP contribution is -1.93. The Morgan fingerprint density at radius 2 is 1.58 bits per heavy atom. The van der Waals surface area contributed by atoms with E-state index in [9.17, 15) is 4.79 Å². The predicted molar refractivity (Wildman–Crippen MR) is 80.1 cm³/mol. The molecule has 0 saturated heterocycles. The molecule has 0 N–H and O–H groups in total. The van der Waals surface area contributed by atoms with E-state index in [1.165, 1.54) is 0 Å². The topological polar surface area (TPSA) is 17.1 Å². The van der Waals surface area contributed by atoms with Crippen molar-refractivity contribution in [3.8, 4) is 0 Å². The maximum atomic E-state index is 11.8. The van der Waals surface area contributed by atoms with Crippen LogP contribution in [0.4, 0.5) is 0 Å². The van der Waals surface area contributed by atoms with Crippen LogP contribution in [0.15, 0.2) is 72.8 Å². The molecule has 0 radical (unpaired) electrons. The van der Waals surface area contributed by atoms with Crippen molar-refractivity contribution >= 4 is 11.9 Å². The smallest absolute Gasteiger partial charge is 0.185 e. The van der Waals surface area contributed by atoms with Gasteiger partial charge in [0.15, 0.2) is 5.78 Å². The van der Waals surface area contributed by atoms with E-state index < -0.39 is 0 Å². The Kier molecular flexibility index (Phi) is 4.46. The molecule has 0 aliphatic heterocycles. The van der Waals surface area contributed by atoms with Crippen LogP contribution in [-0.2, 0) is 0 Å². The normalized spacial score (nSPS) is 11.2. The van der Waals surface area contributed by atoms with Gasteiger partial charge >= 0.3 is 0 Å². The fourth-order valence-electron chi connectivity index (χ4n) is 1.69. The summed E-state index contributed by atoms with van der Waals surface area (Å²) in [5.74, 6) is 0.0257. The molecule has 0 saturated carbocycles. The highest BCUT2D eigenvalue weighted by Crippen LogP contribution is 2.05. The summed E-state index contributed by atoms with van der Waals surface area (Å²) in [6.07, 6.45) is 7.21. The van der Waals surface area contributed by atoms with Gasteiger partial charge in [-0.25, -0.2) is 0 Å².